The molecule has 0 spiro atoms. The quantitative estimate of drug-likeness (QED) is 0.327. The number of aryl methyl sites for hydroxylation is 1. The van der Waals surface area contributed by atoms with Crippen molar-refractivity contribution in [3.05, 3.63) is 35.7 Å². The van der Waals surface area contributed by atoms with Crippen LogP contribution in [0.2, 0.25) is 0 Å². The molecule has 1 saturated heterocycles. The number of Topliss-reactive ketones (excluding diaryl/α,β-unsaturated/α-hetero) is 1. The Kier molecular flexibility index (Phi) is 5.25. The second-order valence-electron chi connectivity index (χ2n) is 6.59. The number of hydrogen-bond acceptors (Lipinski definition) is 4. The predicted molar refractivity (Wildman–Crippen MR) is 92.1 cm³/mol. The molecule has 7 heteroatoms. The van der Waals surface area contributed by atoms with Crippen molar-refractivity contribution in [2.45, 2.75) is 34.2 Å². The van der Waals surface area contributed by atoms with Crippen molar-refractivity contribution in [1.29, 1.82) is 0 Å². The van der Waals surface area contributed by atoms with Gasteiger partial charge in [-0.2, -0.15) is 0 Å². The monoisotopic (exact) mass is 345 g/mol. The molecule has 2 rings (SSSR count). The molecular weight excluding hydrogens is 322 g/mol. The van der Waals surface area contributed by atoms with Gasteiger partial charge in [-0.15, -0.1) is 6.58 Å². The molecule has 0 bridgehead atoms. The first-order valence-corrected chi connectivity index (χ1v) is 8.17. The smallest absolute Gasteiger partial charge is 0.334 e. The first-order chi connectivity index (χ1) is 11.7. The third-order valence-electron chi connectivity index (χ3n) is 4.17. The molecule has 0 aromatic carbocycles. The number of carbonyl (C=O) groups excluding carboxylic acids is 4. The van der Waals surface area contributed by atoms with Crippen LogP contribution in [0.5, 0.6) is 0 Å². The van der Waals surface area contributed by atoms with Crippen molar-refractivity contribution in [1.82, 2.24) is 14.4 Å². The third-order valence-corrected chi connectivity index (χ3v) is 4.17. The van der Waals surface area contributed by atoms with Gasteiger partial charge in [-0.3, -0.25) is 19.3 Å². The number of ketones is 1. The van der Waals surface area contributed by atoms with Gasteiger partial charge in [0, 0.05) is 30.0 Å². The summed E-state index contributed by atoms with van der Waals surface area (Å²) in [5.74, 6) is -2.15. The molecule has 1 aromatic heterocycles. The fourth-order valence-electron chi connectivity index (χ4n) is 2.94. The summed E-state index contributed by atoms with van der Waals surface area (Å²) in [6.07, 6.45) is 1.73. The zero-order valence-electron chi connectivity index (χ0n) is 15.0. The van der Waals surface area contributed by atoms with E-state index in [1.54, 1.807) is 19.1 Å². The number of urea groups is 1. The van der Waals surface area contributed by atoms with E-state index in [4.69, 9.17) is 0 Å². The summed E-state index contributed by atoms with van der Waals surface area (Å²) in [7, 11) is 0. The SMILES string of the molecule is C=CCn1c(C)cc(C(=O)CN2C(=O)C(=O)N(CC(C)C)C2=O)c1C. The Labute approximate surface area is 146 Å². The molecule has 4 amide bonds. The van der Waals surface area contributed by atoms with Gasteiger partial charge in [0.25, 0.3) is 0 Å². The van der Waals surface area contributed by atoms with Gasteiger partial charge in [0.05, 0.1) is 6.54 Å². The van der Waals surface area contributed by atoms with E-state index in [1.807, 2.05) is 25.3 Å². The van der Waals surface area contributed by atoms with E-state index in [9.17, 15) is 19.2 Å². The van der Waals surface area contributed by atoms with Crippen LogP contribution in [-0.2, 0) is 16.1 Å². The lowest BCUT2D eigenvalue weighted by Crippen LogP contribution is -2.38. The molecule has 0 N–H and O–H groups in total. The molecule has 0 unspecified atom stereocenters. The largest absolute Gasteiger partial charge is 0.345 e. The Morgan fingerprint density at radius 3 is 2.32 bits per heavy atom. The van der Waals surface area contributed by atoms with Crippen molar-refractivity contribution in [2.75, 3.05) is 13.1 Å². The maximum atomic E-state index is 12.6. The van der Waals surface area contributed by atoms with Gasteiger partial charge in [0.2, 0.25) is 0 Å². The first-order valence-electron chi connectivity index (χ1n) is 8.17. The Hall–Kier alpha value is -2.70. The average molecular weight is 345 g/mol. The second-order valence-corrected chi connectivity index (χ2v) is 6.59. The Morgan fingerprint density at radius 1 is 1.16 bits per heavy atom. The van der Waals surface area contributed by atoms with E-state index in [2.05, 4.69) is 6.58 Å². The minimum absolute atomic E-state index is 0.0363. The maximum Gasteiger partial charge on any atom is 0.334 e. The highest BCUT2D eigenvalue weighted by Crippen LogP contribution is 2.19. The van der Waals surface area contributed by atoms with Crippen molar-refractivity contribution in [3.63, 3.8) is 0 Å². The number of hydrogen-bond donors (Lipinski definition) is 0. The lowest BCUT2D eigenvalue weighted by atomic mass is 10.1. The number of nitrogens with zero attached hydrogens (tertiary/aromatic N) is 3. The van der Waals surface area contributed by atoms with Gasteiger partial charge in [-0.1, -0.05) is 19.9 Å². The van der Waals surface area contributed by atoms with Crippen LogP contribution in [0.4, 0.5) is 4.79 Å². The fourth-order valence-corrected chi connectivity index (χ4v) is 2.94. The lowest BCUT2D eigenvalue weighted by Gasteiger charge is -2.16. The van der Waals surface area contributed by atoms with Gasteiger partial charge < -0.3 is 4.57 Å². The maximum absolute atomic E-state index is 12.6. The fraction of sp³-hybridized carbons (Fsp3) is 0.444. The number of imide groups is 2. The molecular formula is C18H23N3O4. The molecule has 0 radical (unpaired) electrons. The Bertz CT molecular complexity index is 761. The highest BCUT2D eigenvalue weighted by Gasteiger charge is 2.45. The summed E-state index contributed by atoms with van der Waals surface area (Å²) >= 11 is 0. The normalized spacial score (nSPS) is 14.8. The first kappa shape index (κ1) is 18.6. The van der Waals surface area contributed by atoms with Gasteiger partial charge in [-0.05, 0) is 25.8 Å². The van der Waals surface area contributed by atoms with Crippen LogP contribution in [0.3, 0.4) is 0 Å². The number of rotatable bonds is 7. The van der Waals surface area contributed by atoms with Crippen LogP contribution in [0.1, 0.15) is 35.6 Å². The van der Waals surface area contributed by atoms with E-state index in [0.717, 1.165) is 21.2 Å². The summed E-state index contributed by atoms with van der Waals surface area (Å²) in [5.41, 5.74) is 2.07. The van der Waals surface area contributed by atoms with Crippen molar-refractivity contribution < 1.29 is 19.2 Å². The van der Waals surface area contributed by atoms with Crippen molar-refractivity contribution in [2.24, 2.45) is 5.92 Å². The van der Waals surface area contributed by atoms with Crippen molar-refractivity contribution >= 4 is 23.6 Å². The van der Waals surface area contributed by atoms with E-state index < -0.39 is 24.4 Å². The van der Waals surface area contributed by atoms with Gasteiger partial charge in [0.15, 0.2) is 5.78 Å². The topological polar surface area (TPSA) is 79.7 Å². The van der Waals surface area contributed by atoms with Gasteiger partial charge in [-0.25, -0.2) is 9.69 Å². The van der Waals surface area contributed by atoms with E-state index in [-0.39, 0.29) is 18.2 Å². The molecule has 25 heavy (non-hydrogen) atoms. The Balaban J connectivity index is 2.22. The minimum atomic E-state index is -0.945. The van der Waals surface area contributed by atoms with Crippen LogP contribution in [-0.4, -0.2) is 51.1 Å². The molecule has 7 nitrogen and oxygen atoms in total. The molecule has 2 heterocycles. The molecule has 134 valence electrons. The number of carbonyl (C=O) groups is 4. The van der Waals surface area contributed by atoms with Gasteiger partial charge >= 0.3 is 17.8 Å². The highest BCUT2D eigenvalue weighted by atomic mass is 16.2. The van der Waals surface area contributed by atoms with Crippen molar-refractivity contribution in [3.8, 4) is 0 Å². The molecule has 1 aliphatic rings. The van der Waals surface area contributed by atoms with E-state index >= 15 is 0 Å². The van der Waals surface area contributed by atoms with Crippen LogP contribution in [0.25, 0.3) is 0 Å². The Morgan fingerprint density at radius 2 is 1.76 bits per heavy atom. The average Bonchev–Trinajstić information content (AvgIpc) is 2.92. The molecule has 1 aliphatic heterocycles. The summed E-state index contributed by atoms with van der Waals surface area (Å²) in [6, 6.07) is 0.997. The summed E-state index contributed by atoms with van der Waals surface area (Å²) in [4.78, 5) is 50.6. The predicted octanol–water partition coefficient (Wildman–Crippen LogP) is 1.92. The molecule has 1 aromatic rings. The summed E-state index contributed by atoms with van der Waals surface area (Å²) in [5, 5.41) is 0. The van der Waals surface area contributed by atoms with Crippen LogP contribution in [0, 0.1) is 19.8 Å². The van der Waals surface area contributed by atoms with Crippen LogP contribution in [0.15, 0.2) is 18.7 Å². The van der Waals surface area contributed by atoms with Crippen LogP contribution >= 0.6 is 0 Å². The molecule has 0 atom stereocenters. The zero-order chi connectivity index (χ0) is 18.9. The number of allylic oxidation sites excluding steroid dienone is 1. The highest BCUT2D eigenvalue weighted by molar-refractivity contribution is 6.45. The molecule has 0 saturated carbocycles. The third kappa shape index (κ3) is 3.40. The van der Waals surface area contributed by atoms with E-state index in [1.165, 1.54) is 0 Å². The summed E-state index contributed by atoms with van der Waals surface area (Å²) < 4.78 is 1.92. The minimum Gasteiger partial charge on any atom is -0.345 e. The number of aromatic nitrogens is 1. The number of amides is 4. The standard InChI is InChI=1S/C18H23N3O4/c1-6-7-19-12(4)8-14(13(19)5)15(22)10-21-17(24)16(23)20(18(21)25)9-11(2)3/h6,8,11H,1,7,9-10H2,2-5H3. The molecule has 1 fully saturated rings. The zero-order valence-corrected chi connectivity index (χ0v) is 15.0. The summed E-state index contributed by atoms with van der Waals surface area (Å²) in [6.45, 7) is 11.3. The van der Waals surface area contributed by atoms with E-state index in [0.29, 0.717) is 12.1 Å². The molecule has 0 aliphatic carbocycles. The van der Waals surface area contributed by atoms with Crippen LogP contribution < -0.4 is 0 Å². The van der Waals surface area contributed by atoms with Gasteiger partial charge in [0.1, 0.15) is 0 Å². The lowest BCUT2D eigenvalue weighted by molar-refractivity contribution is -0.143. The second kappa shape index (κ2) is 7.04.